The van der Waals surface area contributed by atoms with Crippen LogP contribution in [-0.2, 0) is 11.2 Å². The molecule has 25 heavy (non-hydrogen) atoms. The van der Waals surface area contributed by atoms with Gasteiger partial charge in [-0.15, -0.1) is 0 Å². The molecule has 0 unspecified atom stereocenters. The van der Waals surface area contributed by atoms with Crippen molar-refractivity contribution < 1.29 is 4.79 Å². The first kappa shape index (κ1) is 15.8. The second kappa shape index (κ2) is 6.69. The minimum Gasteiger partial charge on any atom is -0.361 e. The monoisotopic (exact) mass is 349 g/mol. The van der Waals surface area contributed by atoms with Gasteiger partial charge in [0.05, 0.1) is 10.2 Å². The van der Waals surface area contributed by atoms with Gasteiger partial charge in [-0.05, 0) is 49.1 Å². The van der Waals surface area contributed by atoms with Crippen LogP contribution in [0.3, 0.4) is 0 Å². The molecule has 2 aromatic carbocycles. The second-order valence-electron chi connectivity index (χ2n) is 6.25. The quantitative estimate of drug-likeness (QED) is 0.530. The molecular weight excluding hydrogens is 330 g/mol. The molecule has 5 heteroatoms. The molecule has 0 aliphatic heterocycles. The molecule has 2 heterocycles. The van der Waals surface area contributed by atoms with E-state index in [0.29, 0.717) is 11.6 Å². The van der Waals surface area contributed by atoms with Crippen LogP contribution in [0.1, 0.15) is 24.0 Å². The van der Waals surface area contributed by atoms with E-state index in [4.69, 9.17) is 0 Å². The fourth-order valence-corrected chi connectivity index (χ4v) is 4.03. The third kappa shape index (κ3) is 3.42. The number of aromatic nitrogens is 2. The molecule has 0 aliphatic rings. The Balaban J connectivity index is 1.35. The van der Waals surface area contributed by atoms with E-state index < -0.39 is 0 Å². The smallest absolute Gasteiger partial charge is 0.226 e. The summed E-state index contributed by atoms with van der Waals surface area (Å²) in [6.45, 7) is 2.06. The third-order valence-corrected chi connectivity index (χ3v) is 5.25. The Morgan fingerprint density at radius 1 is 1.24 bits per heavy atom. The fraction of sp³-hybridized carbons (Fsp3) is 0.200. The molecule has 0 aliphatic carbocycles. The number of carbonyl (C=O) groups is 1. The number of carbonyl (C=O) groups excluding carboxylic acids is 1. The predicted molar refractivity (Wildman–Crippen MR) is 104 cm³/mol. The Kier molecular flexibility index (Phi) is 4.24. The summed E-state index contributed by atoms with van der Waals surface area (Å²) in [5.41, 5.74) is 4.54. The summed E-state index contributed by atoms with van der Waals surface area (Å²) in [6, 6.07) is 14.4. The number of hydrogen-bond donors (Lipinski definition) is 2. The maximum absolute atomic E-state index is 12.2. The van der Waals surface area contributed by atoms with Crippen molar-refractivity contribution in [3.05, 3.63) is 59.8 Å². The standard InChI is InChI=1S/C20H19N3OS/c1-13-9-10-17-18(11-13)25-20(22-17)23-19(24)8-4-5-14-12-21-16-7-3-2-6-15(14)16/h2-3,6-7,9-12,21H,4-5,8H2,1H3,(H,22,23,24). The molecule has 4 nitrogen and oxygen atoms in total. The topological polar surface area (TPSA) is 57.8 Å². The number of aromatic amines is 1. The molecule has 2 aromatic heterocycles. The van der Waals surface area contributed by atoms with E-state index in [2.05, 4.69) is 40.4 Å². The number of H-pyrrole nitrogens is 1. The second-order valence-corrected chi connectivity index (χ2v) is 7.28. The number of benzene rings is 2. The van der Waals surface area contributed by atoms with Crippen molar-refractivity contribution in [2.45, 2.75) is 26.2 Å². The van der Waals surface area contributed by atoms with Gasteiger partial charge < -0.3 is 10.3 Å². The Morgan fingerprint density at radius 3 is 3.04 bits per heavy atom. The Bertz CT molecular complexity index is 1050. The molecule has 2 N–H and O–H groups in total. The molecule has 0 spiro atoms. The van der Waals surface area contributed by atoms with Crippen LogP contribution >= 0.6 is 11.3 Å². The van der Waals surface area contributed by atoms with Crippen LogP contribution in [-0.4, -0.2) is 15.9 Å². The number of amides is 1. The highest BCUT2D eigenvalue weighted by Crippen LogP contribution is 2.27. The Morgan fingerprint density at radius 2 is 2.12 bits per heavy atom. The van der Waals surface area contributed by atoms with E-state index >= 15 is 0 Å². The summed E-state index contributed by atoms with van der Waals surface area (Å²) in [5.74, 6) is 0.0237. The summed E-state index contributed by atoms with van der Waals surface area (Å²) in [4.78, 5) is 19.9. The largest absolute Gasteiger partial charge is 0.361 e. The summed E-state index contributed by atoms with van der Waals surface area (Å²) in [7, 11) is 0. The number of thiazole rings is 1. The first-order valence-corrected chi connectivity index (χ1v) is 9.23. The lowest BCUT2D eigenvalue weighted by Crippen LogP contribution is -2.11. The van der Waals surface area contributed by atoms with Crippen LogP contribution < -0.4 is 5.32 Å². The number of hydrogen-bond acceptors (Lipinski definition) is 3. The van der Waals surface area contributed by atoms with Gasteiger partial charge in [0.1, 0.15) is 0 Å². The molecule has 0 saturated carbocycles. The molecule has 0 saturated heterocycles. The van der Waals surface area contributed by atoms with E-state index in [1.165, 1.54) is 27.8 Å². The van der Waals surface area contributed by atoms with Gasteiger partial charge in [-0.25, -0.2) is 4.98 Å². The van der Waals surface area contributed by atoms with E-state index in [0.717, 1.165) is 28.6 Å². The van der Waals surface area contributed by atoms with Gasteiger partial charge in [0.25, 0.3) is 0 Å². The van der Waals surface area contributed by atoms with Crippen LogP contribution in [0.5, 0.6) is 0 Å². The molecule has 126 valence electrons. The molecular formula is C20H19N3OS. The van der Waals surface area contributed by atoms with E-state index in [9.17, 15) is 4.79 Å². The first-order chi connectivity index (χ1) is 12.2. The predicted octanol–water partition coefficient (Wildman–Crippen LogP) is 5.05. The van der Waals surface area contributed by atoms with Crippen molar-refractivity contribution in [2.24, 2.45) is 0 Å². The highest BCUT2D eigenvalue weighted by Gasteiger charge is 2.09. The normalized spacial score (nSPS) is 11.2. The van der Waals surface area contributed by atoms with Gasteiger partial charge in [0.15, 0.2) is 5.13 Å². The van der Waals surface area contributed by atoms with Crippen LogP contribution in [0.15, 0.2) is 48.7 Å². The molecule has 0 fully saturated rings. The van der Waals surface area contributed by atoms with Crippen LogP contribution in [0.25, 0.3) is 21.1 Å². The SMILES string of the molecule is Cc1ccc2nc(NC(=O)CCCc3c[nH]c4ccccc34)sc2c1. The minimum atomic E-state index is 0.0237. The zero-order valence-electron chi connectivity index (χ0n) is 14.0. The van der Waals surface area contributed by atoms with Crippen molar-refractivity contribution in [1.29, 1.82) is 0 Å². The summed E-state index contributed by atoms with van der Waals surface area (Å²) < 4.78 is 1.11. The first-order valence-electron chi connectivity index (χ1n) is 8.41. The van der Waals surface area contributed by atoms with Crippen molar-refractivity contribution in [3.63, 3.8) is 0 Å². The van der Waals surface area contributed by atoms with Gasteiger partial charge >= 0.3 is 0 Å². The molecule has 1 amide bonds. The maximum atomic E-state index is 12.2. The highest BCUT2D eigenvalue weighted by atomic mass is 32.1. The van der Waals surface area contributed by atoms with Crippen LogP contribution in [0, 0.1) is 6.92 Å². The average Bonchev–Trinajstić information content (AvgIpc) is 3.18. The number of para-hydroxylation sites is 1. The van der Waals surface area contributed by atoms with Crippen molar-refractivity contribution in [1.82, 2.24) is 9.97 Å². The van der Waals surface area contributed by atoms with Gasteiger partial charge in [0.2, 0.25) is 5.91 Å². The van der Waals surface area contributed by atoms with Gasteiger partial charge in [0, 0.05) is 23.5 Å². The number of fused-ring (bicyclic) bond motifs is 2. The van der Waals surface area contributed by atoms with E-state index in [1.54, 1.807) is 0 Å². The third-order valence-electron chi connectivity index (χ3n) is 4.32. The average molecular weight is 349 g/mol. The highest BCUT2D eigenvalue weighted by molar-refractivity contribution is 7.22. The van der Waals surface area contributed by atoms with Crippen LogP contribution in [0.2, 0.25) is 0 Å². The van der Waals surface area contributed by atoms with Crippen LogP contribution in [0.4, 0.5) is 5.13 Å². The number of nitrogens with one attached hydrogen (secondary N) is 2. The fourth-order valence-electron chi connectivity index (χ4n) is 3.04. The number of rotatable bonds is 5. The maximum Gasteiger partial charge on any atom is 0.226 e. The lowest BCUT2D eigenvalue weighted by Gasteiger charge is -2.01. The minimum absolute atomic E-state index is 0.0237. The van der Waals surface area contributed by atoms with Gasteiger partial charge in [-0.3, -0.25) is 4.79 Å². The molecule has 0 atom stereocenters. The number of aryl methyl sites for hydroxylation is 2. The van der Waals surface area contributed by atoms with E-state index in [-0.39, 0.29) is 5.91 Å². The summed E-state index contributed by atoms with van der Waals surface area (Å²) in [5, 5.41) is 4.85. The Hall–Kier alpha value is -2.66. The zero-order valence-corrected chi connectivity index (χ0v) is 14.8. The van der Waals surface area contributed by atoms with Crippen molar-refractivity contribution >= 4 is 43.5 Å². The number of nitrogens with zero attached hydrogens (tertiary/aromatic N) is 1. The lowest BCUT2D eigenvalue weighted by atomic mass is 10.1. The summed E-state index contributed by atoms with van der Waals surface area (Å²) in [6.07, 6.45) is 4.24. The number of anilines is 1. The molecule has 0 bridgehead atoms. The van der Waals surface area contributed by atoms with E-state index in [1.807, 2.05) is 30.5 Å². The molecule has 4 aromatic rings. The van der Waals surface area contributed by atoms with Crippen molar-refractivity contribution in [2.75, 3.05) is 5.32 Å². The summed E-state index contributed by atoms with van der Waals surface area (Å²) >= 11 is 1.52. The Labute approximate surface area is 149 Å². The lowest BCUT2D eigenvalue weighted by molar-refractivity contribution is -0.116. The van der Waals surface area contributed by atoms with Gasteiger partial charge in [-0.1, -0.05) is 35.6 Å². The van der Waals surface area contributed by atoms with Crippen molar-refractivity contribution in [3.8, 4) is 0 Å². The molecule has 4 rings (SSSR count). The van der Waals surface area contributed by atoms with Gasteiger partial charge in [-0.2, -0.15) is 0 Å². The molecule has 0 radical (unpaired) electrons. The zero-order chi connectivity index (χ0) is 17.2.